The van der Waals surface area contributed by atoms with Gasteiger partial charge in [-0.3, -0.25) is 4.68 Å². The molecule has 112 valence electrons. The first kappa shape index (κ1) is 14.8. The first-order valence-electron chi connectivity index (χ1n) is 7.66. The predicted octanol–water partition coefficient (Wildman–Crippen LogP) is 4.08. The van der Waals surface area contributed by atoms with Crippen molar-refractivity contribution in [1.82, 2.24) is 9.78 Å². The van der Waals surface area contributed by atoms with Gasteiger partial charge in [-0.25, -0.2) is 0 Å². The van der Waals surface area contributed by atoms with Gasteiger partial charge in [0.1, 0.15) is 0 Å². The first-order chi connectivity index (χ1) is 10.3. The number of benzene rings is 1. The van der Waals surface area contributed by atoms with E-state index < -0.39 is 0 Å². The van der Waals surface area contributed by atoms with Crippen molar-refractivity contribution in [2.24, 2.45) is 0 Å². The molecule has 1 atom stereocenters. The summed E-state index contributed by atoms with van der Waals surface area (Å²) in [4.78, 5) is 0. The summed E-state index contributed by atoms with van der Waals surface area (Å²) in [6.07, 6.45) is 8.01. The summed E-state index contributed by atoms with van der Waals surface area (Å²) in [6.45, 7) is 0.146. The van der Waals surface area contributed by atoms with Crippen LogP contribution in [0.3, 0.4) is 0 Å². The Morgan fingerprint density at radius 1 is 1.29 bits per heavy atom. The molecule has 4 heteroatoms. The smallest absolute Gasteiger partial charge is 0.0631 e. The van der Waals surface area contributed by atoms with Crippen LogP contribution in [0.15, 0.2) is 41.0 Å². The number of nitrogens with zero attached hydrogens (tertiary/aromatic N) is 2. The normalized spacial score (nSPS) is 17.2. The second-order valence-electron chi connectivity index (χ2n) is 5.86. The zero-order chi connectivity index (χ0) is 14.7. The third-order valence-electron chi connectivity index (χ3n) is 4.36. The van der Waals surface area contributed by atoms with E-state index in [9.17, 15) is 5.11 Å². The highest BCUT2D eigenvalue weighted by Gasteiger charge is 2.19. The van der Waals surface area contributed by atoms with Crippen molar-refractivity contribution in [3.63, 3.8) is 0 Å². The van der Waals surface area contributed by atoms with Crippen LogP contribution in [0, 0.1) is 0 Å². The number of halogens is 1. The van der Waals surface area contributed by atoms with Crippen LogP contribution in [0.4, 0.5) is 0 Å². The number of aromatic nitrogens is 2. The van der Waals surface area contributed by atoms with Crippen molar-refractivity contribution >= 4 is 15.9 Å². The van der Waals surface area contributed by atoms with Gasteiger partial charge in [-0.15, -0.1) is 0 Å². The highest BCUT2D eigenvalue weighted by molar-refractivity contribution is 9.10. The quantitative estimate of drug-likeness (QED) is 0.883. The second-order valence-corrected chi connectivity index (χ2v) is 6.78. The van der Waals surface area contributed by atoms with Crippen LogP contribution in [0.5, 0.6) is 0 Å². The number of aliphatic hydroxyl groups excluding tert-OH is 1. The molecular formula is C17H21BrN2O. The summed E-state index contributed by atoms with van der Waals surface area (Å²) in [6, 6.07) is 10.8. The minimum Gasteiger partial charge on any atom is -0.396 e. The van der Waals surface area contributed by atoms with Gasteiger partial charge in [0.15, 0.2) is 0 Å². The number of hydrogen-bond acceptors (Lipinski definition) is 2. The van der Waals surface area contributed by atoms with Gasteiger partial charge in [0.05, 0.1) is 18.3 Å². The molecule has 1 N–H and O–H groups in total. The summed E-state index contributed by atoms with van der Waals surface area (Å²) < 4.78 is 3.17. The summed E-state index contributed by atoms with van der Waals surface area (Å²) in [5.74, 6) is 0.106. The molecule has 0 radical (unpaired) electrons. The van der Waals surface area contributed by atoms with E-state index >= 15 is 0 Å². The minimum absolute atomic E-state index is 0.106. The lowest BCUT2D eigenvalue weighted by Crippen LogP contribution is -2.10. The monoisotopic (exact) mass is 348 g/mol. The third kappa shape index (κ3) is 3.55. The van der Waals surface area contributed by atoms with Gasteiger partial charge < -0.3 is 5.11 Å². The first-order valence-corrected chi connectivity index (χ1v) is 8.46. The minimum atomic E-state index is 0.106. The summed E-state index contributed by atoms with van der Waals surface area (Å²) in [5.41, 5.74) is 2.23. The zero-order valence-corrected chi connectivity index (χ0v) is 13.7. The zero-order valence-electron chi connectivity index (χ0n) is 12.1. The van der Waals surface area contributed by atoms with E-state index in [1.54, 1.807) is 0 Å². The Morgan fingerprint density at radius 3 is 2.81 bits per heavy atom. The van der Waals surface area contributed by atoms with Crippen molar-refractivity contribution in [3.05, 3.63) is 52.3 Å². The molecule has 2 aromatic rings. The maximum Gasteiger partial charge on any atom is 0.0631 e. The molecule has 0 aliphatic heterocycles. The Hall–Kier alpha value is -1.13. The number of hydrogen-bond donors (Lipinski definition) is 1. The largest absolute Gasteiger partial charge is 0.396 e. The molecule has 21 heavy (non-hydrogen) atoms. The molecule has 1 unspecified atom stereocenters. The Morgan fingerprint density at radius 2 is 2.10 bits per heavy atom. The number of rotatable bonds is 5. The van der Waals surface area contributed by atoms with Crippen molar-refractivity contribution in [3.8, 4) is 0 Å². The Kier molecular flexibility index (Phi) is 4.76. The molecule has 1 fully saturated rings. The van der Waals surface area contributed by atoms with Gasteiger partial charge in [-0.05, 0) is 36.6 Å². The van der Waals surface area contributed by atoms with Gasteiger partial charge in [0.2, 0.25) is 0 Å². The fraction of sp³-hybridized carbons (Fsp3) is 0.471. The molecule has 1 saturated carbocycles. The summed E-state index contributed by atoms with van der Waals surface area (Å²) in [5, 5.41) is 14.4. The van der Waals surface area contributed by atoms with Crippen molar-refractivity contribution in [1.29, 1.82) is 0 Å². The van der Waals surface area contributed by atoms with Gasteiger partial charge in [-0.2, -0.15) is 5.10 Å². The molecular weight excluding hydrogens is 328 g/mol. The van der Waals surface area contributed by atoms with E-state index in [1.807, 2.05) is 12.1 Å². The Labute approximate surface area is 134 Å². The fourth-order valence-corrected chi connectivity index (χ4v) is 3.58. The van der Waals surface area contributed by atoms with E-state index in [0.29, 0.717) is 6.04 Å². The lowest BCUT2D eigenvalue weighted by Gasteiger charge is -2.14. The average Bonchev–Trinajstić information content (AvgIpc) is 3.15. The molecule has 1 heterocycles. The van der Waals surface area contributed by atoms with Crippen LogP contribution >= 0.6 is 15.9 Å². The van der Waals surface area contributed by atoms with Crippen LogP contribution in [-0.4, -0.2) is 21.5 Å². The predicted molar refractivity (Wildman–Crippen MR) is 87.4 cm³/mol. The standard InChI is InChI=1S/C17H21BrN2O/c18-15-5-3-4-13(10-15)14(12-21)11-16-8-9-20(19-16)17-6-1-2-7-17/h3-5,8-10,14,17,21H,1-2,6-7,11-12H2. The van der Waals surface area contributed by atoms with Crippen LogP contribution in [0.25, 0.3) is 0 Å². The molecule has 1 aliphatic rings. The van der Waals surface area contributed by atoms with E-state index in [0.717, 1.165) is 22.2 Å². The SMILES string of the molecule is OCC(Cc1ccn(C2CCCC2)n1)c1cccc(Br)c1. The van der Waals surface area contributed by atoms with Gasteiger partial charge in [0, 0.05) is 23.0 Å². The summed E-state index contributed by atoms with van der Waals surface area (Å²) >= 11 is 3.49. The van der Waals surface area contributed by atoms with Crippen molar-refractivity contribution in [2.75, 3.05) is 6.61 Å². The maximum absolute atomic E-state index is 9.70. The average molecular weight is 349 g/mol. The van der Waals surface area contributed by atoms with E-state index in [4.69, 9.17) is 5.10 Å². The molecule has 0 bridgehead atoms. The van der Waals surface area contributed by atoms with Crippen LogP contribution in [0.2, 0.25) is 0 Å². The third-order valence-corrected chi connectivity index (χ3v) is 4.85. The Balaban J connectivity index is 1.72. The van der Waals surface area contributed by atoms with Crippen molar-refractivity contribution < 1.29 is 5.11 Å². The van der Waals surface area contributed by atoms with Crippen LogP contribution < -0.4 is 0 Å². The molecule has 0 saturated heterocycles. The molecule has 3 rings (SSSR count). The van der Waals surface area contributed by atoms with E-state index in [2.05, 4.69) is 45.0 Å². The highest BCUT2D eigenvalue weighted by Crippen LogP contribution is 2.29. The molecule has 1 aromatic carbocycles. The van der Waals surface area contributed by atoms with Crippen LogP contribution in [-0.2, 0) is 6.42 Å². The summed E-state index contributed by atoms with van der Waals surface area (Å²) in [7, 11) is 0. The highest BCUT2D eigenvalue weighted by atomic mass is 79.9. The lowest BCUT2D eigenvalue weighted by molar-refractivity contribution is 0.263. The van der Waals surface area contributed by atoms with Gasteiger partial charge >= 0.3 is 0 Å². The maximum atomic E-state index is 9.70. The molecule has 0 amide bonds. The van der Waals surface area contributed by atoms with Crippen molar-refractivity contribution in [2.45, 2.75) is 44.1 Å². The fourth-order valence-electron chi connectivity index (χ4n) is 3.16. The van der Waals surface area contributed by atoms with Gasteiger partial charge in [-0.1, -0.05) is 40.9 Å². The second kappa shape index (κ2) is 6.75. The van der Waals surface area contributed by atoms with Crippen LogP contribution in [0.1, 0.15) is 48.9 Å². The Bertz CT molecular complexity index is 590. The number of aliphatic hydroxyl groups is 1. The molecule has 1 aliphatic carbocycles. The van der Waals surface area contributed by atoms with E-state index in [1.165, 1.54) is 25.7 Å². The molecule has 0 spiro atoms. The molecule has 3 nitrogen and oxygen atoms in total. The van der Waals surface area contributed by atoms with Gasteiger partial charge in [0.25, 0.3) is 0 Å². The topological polar surface area (TPSA) is 38.0 Å². The lowest BCUT2D eigenvalue weighted by atomic mass is 9.95. The molecule has 1 aromatic heterocycles. The van der Waals surface area contributed by atoms with E-state index in [-0.39, 0.29) is 12.5 Å².